The summed E-state index contributed by atoms with van der Waals surface area (Å²) in [5, 5.41) is 2.41. The first-order valence-electron chi connectivity index (χ1n) is 10.6. The highest BCUT2D eigenvalue weighted by molar-refractivity contribution is 6.53. The maximum atomic E-state index is 14.6. The molecule has 0 spiro atoms. The monoisotopic (exact) mass is 501 g/mol. The lowest BCUT2D eigenvalue weighted by Gasteiger charge is -2.40. The maximum absolute atomic E-state index is 14.6. The van der Waals surface area contributed by atoms with Crippen molar-refractivity contribution >= 4 is 77.5 Å². The molecule has 1 unspecified atom stereocenters. The van der Waals surface area contributed by atoms with Crippen molar-refractivity contribution in [3.05, 3.63) is 57.6 Å². The first-order valence-corrected chi connectivity index (χ1v) is 11.0. The lowest BCUT2D eigenvalue weighted by Crippen LogP contribution is -2.59. The zero-order valence-corrected chi connectivity index (χ0v) is 19.4. The number of halogens is 3. The summed E-state index contributed by atoms with van der Waals surface area (Å²) in [7, 11) is 24.6. The van der Waals surface area contributed by atoms with Gasteiger partial charge in [0, 0.05) is 29.1 Å². The fourth-order valence-electron chi connectivity index (χ4n) is 4.29. The summed E-state index contributed by atoms with van der Waals surface area (Å²) in [5.41, 5.74) is -1.05. The van der Waals surface area contributed by atoms with Gasteiger partial charge in [-0.2, -0.15) is 8.78 Å². The molecule has 2 aliphatic heterocycles. The van der Waals surface area contributed by atoms with Gasteiger partial charge in [-0.05, 0) is 35.0 Å². The minimum Gasteiger partial charge on any atom is -0.346 e. The van der Waals surface area contributed by atoms with Crippen molar-refractivity contribution < 1.29 is 28.0 Å². The number of imide groups is 1. The normalized spacial score (nSPS) is 19.1. The molecule has 7 nitrogen and oxygen atoms in total. The van der Waals surface area contributed by atoms with E-state index in [2.05, 4.69) is 10.6 Å². The first-order chi connectivity index (χ1) is 16.8. The van der Waals surface area contributed by atoms with E-state index in [1.54, 1.807) is 0 Å². The predicted octanol–water partition coefficient (Wildman–Crippen LogP) is -0.956. The molecule has 0 aliphatic carbocycles. The van der Waals surface area contributed by atoms with Gasteiger partial charge in [0.2, 0.25) is 11.8 Å². The van der Waals surface area contributed by atoms with Gasteiger partial charge in [0.25, 0.3) is 11.8 Å². The molecule has 8 radical (unpaired) electrons. The standard InChI is InChI=1S/C22H14B4ClF2N3O4/c23-16-9(8-30-20(36)21(28,29)10-1-3-11(27)4-2-10)7-12-15(17(16)24)19(35)32(22(12,25)26)13-5-6-14(33)31-18(13)34/h1-4,7,13H,5-6,8H2,(H,30,36)(H,31,33,34). The van der Waals surface area contributed by atoms with Gasteiger partial charge in [0.15, 0.2) is 0 Å². The Hall–Kier alpha value is -3.07. The molecule has 4 amide bonds. The number of benzene rings is 2. The lowest BCUT2D eigenvalue weighted by atomic mass is 9.56. The highest BCUT2D eigenvalue weighted by Gasteiger charge is 2.49. The second kappa shape index (κ2) is 9.10. The predicted molar refractivity (Wildman–Crippen MR) is 130 cm³/mol. The zero-order chi connectivity index (χ0) is 26.6. The lowest BCUT2D eigenvalue weighted by molar-refractivity contribution is -0.147. The Kier molecular flexibility index (Phi) is 6.58. The number of hydrogen-bond acceptors (Lipinski definition) is 4. The number of rotatable bonds is 5. The Bertz CT molecular complexity index is 1310. The summed E-state index contributed by atoms with van der Waals surface area (Å²) in [6, 6.07) is 4.62. The Morgan fingerprint density at radius 1 is 1.17 bits per heavy atom. The van der Waals surface area contributed by atoms with E-state index in [1.165, 1.54) is 18.2 Å². The number of amides is 4. The Morgan fingerprint density at radius 3 is 2.42 bits per heavy atom. The molecule has 1 atom stereocenters. The van der Waals surface area contributed by atoms with E-state index in [-0.39, 0.29) is 45.5 Å². The number of fused-ring (bicyclic) bond motifs is 1. The van der Waals surface area contributed by atoms with Crippen LogP contribution in [0.1, 0.15) is 39.9 Å². The fraction of sp³-hybridized carbons (Fsp3) is 0.273. The largest absolute Gasteiger partial charge is 0.349 e. The molecule has 2 aromatic rings. The Labute approximate surface area is 215 Å². The number of piperidine rings is 1. The highest BCUT2D eigenvalue weighted by atomic mass is 35.5. The third kappa shape index (κ3) is 4.23. The molecule has 174 valence electrons. The Balaban J connectivity index is 1.62. The zero-order valence-electron chi connectivity index (χ0n) is 18.6. The van der Waals surface area contributed by atoms with E-state index in [0.29, 0.717) is 0 Å². The van der Waals surface area contributed by atoms with Crippen molar-refractivity contribution in [2.24, 2.45) is 0 Å². The second-order valence-electron chi connectivity index (χ2n) is 8.52. The molecule has 2 aliphatic rings. The van der Waals surface area contributed by atoms with E-state index in [9.17, 15) is 28.0 Å². The van der Waals surface area contributed by atoms with Crippen molar-refractivity contribution in [1.29, 1.82) is 0 Å². The fourth-order valence-corrected chi connectivity index (χ4v) is 4.42. The minimum atomic E-state index is -3.88. The van der Waals surface area contributed by atoms with Gasteiger partial charge >= 0.3 is 5.92 Å². The van der Waals surface area contributed by atoms with Crippen LogP contribution in [0.4, 0.5) is 8.78 Å². The van der Waals surface area contributed by atoms with Crippen LogP contribution in [0.5, 0.6) is 0 Å². The summed E-state index contributed by atoms with van der Waals surface area (Å²) in [5.74, 6) is -7.53. The highest BCUT2D eigenvalue weighted by Crippen LogP contribution is 2.37. The van der Waals surface area contributed by atoms with Crippen LogP contribution < -0.4 is 21.6 Å². The summed E-state index contributed by atoms with van der Waals surface area (Å²) in [6.45, 7) is -0.492. The smallest absolute Gasteiger partial charge is 0.346 e. The van der Waals surface area contributed by atoms with Gasteiger partial charge < -0.3 is 10.2 Å². The van der Waals surface area contributed by atoms with Crippen molar-refractivity contribution in [2.75, 3.05) is 0 Å². The van der Waals surface area contributed by atoms with Crippen LogP contribution in [-0.4, -0.2) is 66.0 Å². The number of nitrogens with one attached hydrogen (secondary N) is 2. The van der Waals surface area contributed by atoms with E-state index in [4.69, 9.17) is 43.0 Å². The summed E-state index contributed by atoms with van der Waals surface area (Å²) >= 11 is 5.71. The van der Waals surface area contributed by atoms with Crippen molar-refractivity contribution in [3.8, 4) is 0 Å². The molecule has 1 saturated heterocycles. The molecular formula is C22H14B4ClF2N3O4. The number of hydrogen-bond donors (Lipinski definition) is 2. The van der Waals surface area contributed by atoms with Crippen molar-refractivity contribution in [3.63, 3.8) is 0 Å². The first kappa shape index (κ1) is 26.0. The summed E-state index contributed by atoms with van der Waals surface area (Å²) < 4.78 is 29.2. The van der Waals surface area contributed by atoms with Crippen molar-refractivity contribution in [2.45, 2.75) is 36.7 Å². The molecule has 2 aromatic carbocycles. The van der Waals surface area contributed by atoms with Crippen LogP contribution in [0, 0.1) is 0 Å². The van der Waals surface area contributed by atoms with Crippen LogP contribution in [-0.2, 0) is 32.2 Å². The van der Waals surface area contributed by atoms with Gasteiger partial charge in [-0.3, -0.25) is 24.5 Å². The molecule has 2 N–H and O–H groups in total. The van der Waals surface area contributed by atoms with Crippen LogP contribution in [0.15, 0.2) is 30.3 Å². The molecule has 2 heterocycles. The van der Waals surface area contributed by atoms with Crippen LogP contribution in [0.2, 0.25) is 5.02 Å². The van der Waals surface area contributed by atoms with Crippen LogP contribution in [0.3, 0.4) is 0 Å². The van der Waals surface area contributed by atoms with Crippen LogP contribution in [0.25, 0.3) is 0 Å². The van der Waals surface area contributed by atoms with E-state index in [0.717, 1.165) is 17.0 Å². The molecule has 14 heteroatoms. The van der Waals surface area contributed by atoms with Gasteiger partial charge in [-0.15, -0.1) is 0 Å². The molecule has 0 saturated carbocycles. The number of nitrogens with zero attached hydrogens (tertiary/aromatic N) is 1. The molecule has 1 fully saturated rings. The van der Waals surface area contributed by atoms with Gasteiger partial charge in [0.1, 0.15) is 21.7 Å². The maximum Gasteiger partial charge on any atom is 0.349 e. The van der Waals surface area contributed by atoms with Crippen molar-refractivity contribution in [1.82, 2.24) is 15.5 Å². The molecule has 0 bridgehead atoms. The van der Waals surface area contributed by atoms with E-state index >= 15 is 0 Å². The topological polar surface area (TPSA) is 95.6 Å². The Morgan fingerprint density at radius 2 is 1.81 bits per heavy atom. The molecule has 0 aromatic heterocycles. The average molecular weight is 501 g/mol. The minimum absolute atomic E-state index is 0.0153. The van der Waals surface area contributed by atoms with Gasteiger partial charge in [0.05, 0.1) is 15.7 Å². The molecular weight excluding hydrogens is 487 g/mol. The SMILES string of the molecule is [B]c1c(CNC(=O)C(F)(F)c2ccc(Cl)cc2)cc2c(c1[B])C(=O)N(C1CCC(=O)NC1=O)C2([B])[B]. The third-order valence-corrected chi connectivity index (χ3v) is 6.46. The number of carbonyl (C=O) groups excluding carboxylic acids is 4. The average Bonchev–Trinajstić information content (AvgIpc) is 3.00. The van der Waals surface area contributed by atoms with E-state index in [1.807, 2.05) is 0 Å². The number of carbonyl (C=O) groups is 4. The molecule has 36 heavy (non-hydrogen) atoms. The second-order valence-corrected chi connectivity index (χ2v) is 8.95. The van der Waals surface area contributed by atoms with Gasteiger partial charge in [-0.25, -0.2) is 0 Å². The van der Waals surface area contributed by atoms with E-state index < -0.39 is 53.0 Å². The van der Waals surface area contributed by atoms with Gasteiger partial charge in [-0.1, -0.05) is 40.7 Å². The number of alkyl halides is 2. The summed E-state index contributed by atoms with van der Waals surface area (Å²) in [6.07, 6.45) is -0.0536. The quantitative estimate of drug-likeness (QED) is 0.408. The molecule has 4 rings (SSSR count). The summed E-state index contributed by atoms with van der Waals surface area (Å²) in [4.78, 5) is 50.3. The third-order valence-electron chi connectivity index (χ3n) is 6.21. The van der Waals surface area contributed by atoms with Crippen LogP contribution >= 0.6 is 11.6 Å².